The number of nitrogens with one attached hydrogen (secondary N) is 1. The van der Waals surface area contributed by atoms with E-state index in [1.54, 1.807) is 4.90 Å². The van der Waals surface area contributed by atoms with Crippen molar-refractivity contribution >= 4 is 17.8 Å². The zero-order chi connectivity index (χ0) is 14.0. The average molecular weight is 268 g/mol. The molecule has 2 fully saturated rings. The number of likely N-dealkylation sites (tertiary alicyclic amines) is 1. The number of carbonyl (C=O) groups excluding carboxylic acids is 2. The number of piperidine rings is 1. The van der Waals surface area contributed by atoms with Crippen LogP contribution in [-0.2, 0) is 14.4 Å². The molecule has 2 atom stereocenters. The number of carboxylic acids is 1. The van der Waals surface area contributed by atoms with E-state index in [9.17, 15) is 14.4 Å². The third kappa shape index (κ3) is 3.45. The van der Waals surface area contributed by atoms with Gasteiger partial charge in [-0.2, -0.15) is 0 Å². The lowest BCUT2D eigenvalue weighted by atomic mass is 9.96. The van der Waals surface area contributed by atoms with E-state index in [2.05, 4.69) is 5.32 Å². The van der Waals surface area contributed by atoms with Crippen LogP contribution in [0.1, 0.15) is 32.6 Å². The highest BCUT2D eigenvalue weighted by atomic mass is 16.4. The largest absolute Gasteiger partial charge is 0.480 e. The monoisotopic (exact) mass is 268 g/mol. The van der Waals surface area contributed by atoms with Gasteiger partial charge in [0.15, 0.2) is 0 Å². The van der Waals surface area contributed by atoms with Crippen LogP contribution in [0.2, 0.25) is 0 Å². The van der Waals surface area contributed by atoms with E-state index in [1.165, 1.54) is 6.92 Å². The summed E-state index contributed by atoms with van der Waals surface area (Å²) >= 11 is 0. The van der Waals surface area contributed by atoms with Crippen molar-refractivity contribution < 1.29 is 19.5 Å². The number of carboxylic acid groups (broad SMARTS) is 1. The molecule has 1 aliphatic carbocycles. The van der Waals surface area contributed by atoms with E-state index in [0.29, 0.717) is 19.5 Å². The predicted octanol–water partition coefficient (Wildman–Crippen LogP) is 0.224. The summed E-state index contributed by atoms with van der Waals surface area (Å²) in [6.07, 6.45) is 3.44. The van der Waals surface area contributed by atoms with Crippen LogP contribution in [0.5, 0.6) is 0 Å². The van der Waals surface area contributed by atoms with Crippen molar-refractivity contribution in [3.63, 3.8) is 0 Å². The molecule has 0 radical (unpaired) electrons. The van der Waals surface area contributed by atoms with Crippen LogP contribution in [0.15, 0.2) is 0 Å². The molecule has 0 aromatic carbocycles. The number of carbonyl (C=O) groups is 3. The zero-order valence-corrected chi connectivity index (χ0v) is 11.1. The third-order valence-electron chi connectivity index (χ3n) is 3.76. The molecule has 1 saturated heterocycles. The van der Waals surface area contributed by atoms with E-state index < -0.39 is 12.0 Å². The van der Waals surface area contributed by atoms with Gasteiger partial charge in [-0.3, -0.25) is 14.4 Å². The Bertz CT molecular complexity index is 392. The summed E-state index contributed by atoms with van der Waals surface area (Å²) in [7, 11) is 0. The van der Waals surface area contributed by atoms with Crippen molar-refractivity contribution in [3.8, 4) is 0 Å². The average Bonchev–Trinajstić information content (AvgIpc) is 3.22. The van der Waals surface area contributed by atoms with E-state index >= 15 is 0 Å². The van der Waals surface area contributed by atoms with E-state index in [1.807, 2.05) is 0 Å². The summed E-state index contributed by atoms with van der Waals surface area (Å²) in [5, 5.41) is 11.2. The van der Waals surface area contributed by atoms with Crippen molar-refractivity contribution in [2.45, 2.75) is 38.6 Å². The standard InChI is InChI=1S/C13H20N2O4/c1-8(13(18)19)14-11(16)10-3-2-6-15(7-10)12(17)9-4-5-9/h8-10H,2-7H2,1H3,(H,14,16)(H,18,19). The fraction of sp³-hybridized carbons (Fsp3) is 0.769. The maximum atomic E-state index is 12.0. The summed E-state index contributed by atoms with van der Waals surface area (Å²) < 4.78 is 0. The Labute approximate surface area is 112 Å². The number of hydrogen-bond donors (Lipinski definition) is 2. The van der Waals surface area contributed by atoms with Gasteiger partial charge < -0.3 is 15.3 Å². The maximum absolute atomic E-state index is 12.0. The van der Waals surface area contributed by atoms with Crippen molar-refractivity contribution in [1.29, 1.82) is 0 Å². The first-order valence-corrected chi connectivity index (χ1v) is 6.81. The van der Waals surface area contributed by atoms with Gasteiger partial charge in [-0.1, -0.05) is 0 Å². The maximum Gasteiger partial charge on any atom is 0.325 e. The van der Waals surface area contributed by atoms with Gasteiger partial charge in [-0.05, 0) is 32.6 Å². The Morgan fingerprint density at radius 3 is 2.47 bits per heavy atom. The predicted molar refractivity (Wildman–Crippen MR) is 67.3 cm³/mol. The molecule has 2 amide bonds. The summed E-state index contributed by atoms with van der Waals surface area (Å²) in [6, 6.07) is -0.887. The second-order valence-electron chi connectivity index (χ2n) is 5.47. The fourth-order valence-electron chi connectivity index (χ4n) is 2.37. The molecule has 1 saturated carbocycles. The van der Waals surface area contributed by atoms with Gasteiger partial charge in [-0.25, -0.2) is 0 Å². The van der Waals surface area contributed by atoms with E-state index in [0.717, 1.165) is 19.3 Å². The van der Waals surface area contributed by atoms with Crippen LogP contribution in [-0.4, -0.2) is 46.9 Å². The van der Waals surface area contributed by atoms with Gasteiger partial charge in [0.25, 0.3) is 0 Å². The summed E-state index contributed by atoms with van der Waals surface area (Å²) in [6.45, 7) is 2.58. The molecule has 0 bridgehead atoms. The highest BCUT2D eigenvalue weighted by Gasteiger charge is 2.37. The number of amides is 2. The van der Waals surface area contributed by atoms with Crippen LogP contribution in [0, 0.1) is 11.8 Å². The Morgan fingerprint density at radius 2 is 1.89 bits per heavy atom. The minimum Gasteiger partial charge on any atom is -0.480 e. The van der Waals surface area contributed by atoms with Crippen LogP contribution in [0.3, 0.4) is 0 Å². The molecule has 106 valence electrons. The van der Waals surface area contributed by atoms with E-state index in [-0.39, 0.29) is 23.7 Å². The summed E-state index contributed by atoms with van der Waals surface area (Å²) in [5.74, 6) is -1.26. The molecular weight excluding hydrogens is 248 g/mol. The highest BCUT2D eigenvalue weighted by molar-refractivity contribution is 5.86. The Kier molecular flexibility index (Phi) is 4.07. The fourth-order valence-corrected chi connectivity index (χ4v) is 2.37. The van der Waals surface area contributed by atoms with Crippen molar-refractivity contribution in [1.82, 2.24) is 10.2 Å². The lowest BCUT2D eigenvalue weighted by molar-refractivity contribution is -0.143. The molecule has 6 heteroatoms. The SMILES string of the molecule is CC(NC(=O)C1CCCN(C(=O)C2CC2)C1)C(=O)O. The summed E-state index contributed by atoms with van der Waals surface area (Å²) in [5.41, 5.74) is 0. The van der Waals surface area contributed by atoms with Gasteiger partial charge in [0.05, 0.1) is 5.92 Å². The Hall–Kier alpha value is -1.59. The topological polar surface area (TPSA) is 86.7 Å². The third-order valence-corrected chi connectivity index (χ3v) is 3.76. The summed E-state index contributed by atoms with van der Waals surface area (Å²) in [4.78, 5) is 36.4. The number of hydrogen-bond acceptors (Lipinski definition) is 3. The van der Waals surface area contributed by atoms with Gasteiger partial charge in [-0.15, -0.1) is 0 Å². The van der Waals surface area contributed by atoms with Crippen molar-refractivity contribution in [3.05, 3.63) is 0 Å². The molecule has 0 aromatic heterocycles. The number of aliphatic carboxylic acids is 1. The minimum absolute atomic E-state index is 0.156. The highest BCUT2D eigenvalue weighted by Crippen LogP contribution is 2.32. The van der Waals surface area contributed by atoms with Crippen LogP contribution < -0.4 is 5.32 Å². The molecule has 19 heavy (non-hydrogen) atoms. The quantitative estimate of drug-likeness (QED) is 0.764. The molecule has 1 heterocycles. The van der Waals surface area contributed by atoms with Crippen molar-refractivity contribution in [2.24, 2.45) is 11.8 Å². The molecule has 2 rings (SSSR count). The molecule has 0 spiro atoms. The number of rotatable bonds is 4. The minimum atomic E-state index is -1.05. The van der Waals surface area contributed by atoms with Gasteiger partial charge >= 0.3 is 5.97 Å². The lowest BCUT2D eigenvalue weighted by Gasteiger charge is -2.32. The smallest absolute Gasteiger partial charge is 0.325 e. The molecule has 2 aliphatic rings. The second-order valence-corrected chi connectivity index (χ2v) is 5.47. The number of nitrogens with zero attached hydrogens (tertiary/aromatic N) is 1. The van der Waals surface area contributed by atoms with E-state index in [4.69, 9.17) is 5.11 Å². The van der Waals surface area contributed by atoms with Crippen LogP contribution >= 0.6 is 0 Å². The Balaban J connectivity index is 1.87. The van der Waals surface area contributed by atoms with Gasteiger partial charge in [0, 0.05) is 19.0 Å². The van der Waals surface area contributed by atoms with Crippen LogP contribution in [0.4, 0.5) is 0 Å². The molecule has 0 aromatic rings. The molecule has 6 nitrogen and oxygen atoms in total. The van der Waals surface area contributed by atoms with Gasteiger partial charge in [0.2, 0.25) is 11.8 Å². The van der Waals surface area contributed by atoms with Crippen LogP contribution in [0.25, 0.3) is 0 Å². The molecular formula is C13H20N2O4. The zero-order valence-electron chi connectivity index (χ0n) is 11.1. The first-order valence-electron chi connectivity index (χ1n) is 6.81. The molecule has 2 N–H and O–H groups in total. The Morgan fingerprint density at radius 1 is 1.21 bits per heavy atom. The second kappa shape index (κ2) is 5.59. The normalized spacial score (nSPS) is 24.7. The lowest BCUT2D eigenvalue weighted by Crippen LogP contribution is -2.48. The first-order chi connectivity index (χ1) is 8.99. The van der Waals surface area contributed by atoms with Gasteiger partial charge in [0.1, 0.15) is 6.04 Å². The first kappa shape index (κ1) is 13.8. The van der Waals surface area contributed by atoms with Crippen molar-refractivity contribution in [2.75, 3.05) is 13.1 Å². The molecule has 2 unspecified atom stereocenters. The molecule has 1 aliphatic heterocycles.